The number of hydrogen-bond donors (Lipinski definition) is 3. The van der Waals surface area contributed by atoms with Gasteiger partial charge in [-0.25, -0.2) is 4.68 Å². The van der Waals surface area contributed by atoms with Crippen LogP contribution in [-0.2, 0) is 32.1 Å². The lowest BCUT2D eigenvalue weighted by Gasteiger charge is -2.30. The van der Waals surface area contributed by atoms with Crippen LogP contribution in [-0.4, -0.2) is 89.3 Å². The number of carboxylic acids is 1. The van der Waals surface area contributed by atoms with Gasteiger partial charge in [-0.05, 0) is 66.4 Å². The number of aromatic nitrogens is 5. The number of carbonyl (C=O) groups is 5. The number of hydrogen-bond acceptors (Lipinski definition) is 9. The lowest BCUT2D eigenvalue weighted by molar-refractivity contribution is -0.143. The normalized spacial score (nSPS) is 16.5. The zero-order chi connectivity index (χ0) is 31.8. The molecule has 1 aromatic carbocycles. The molecule has 44 heavy (non-hydrogen) atoms. The largest absolute Gasteiger partial charge is 0.481 e. The Kier molecular flexibility index (Phi) is 11.0. The molecule has 0 saturated carbocycles. The molecule has 1 saturated heterocycles. The second-order valence-corrected chi connectivity index (χ2v) is 11.0. The van der Waals surface area contributed by atoms with Crippen molar-refractivity contribution in [2.45, 2.75) is 63.7 Å². The van der Waals surface area contributed by atoms with Gasteiger partial charge >= 0.3 is 5.97 Å². The number of ketones is 1. The molecule has 1 fully saturated rings. The summed E-state index contributed by atoms with van der Waals surface area (Å²) in [6.45, 7) is 1.28. The first-order chi connectivity index (χ1) is 21.0. The number of likely N-dealkylation sites (tertiary alicyclic amines) is 1. The minimum absolute atomic E-state index is 0.0985. The van der Waals surface area contributed by atoms with E-state index in [2.05, 4.69) is 31.1 Å². The predicted octanol–water partition coefficient (Wildman–Crippen LogP) is 1.69. The van der Waals surface area contributed by atoms with Crippen LogP contribution >= 0.6 is 23.2 Å². The predicted molar refractivity (Wildman–Crippen MR) is 157 cm³/mol. The Balaban J connectivity index is 1.44. The Morgan fingerprint density at radius 2 is 1.86 bits per heavy atom. The molecule has 0 radical (unpaired) electrons. The summed E-state index contributed by atoms with van der Waals surface area (Å²) in [7, 11) is 0. The van der Waals surface area contributed by atoms with E-state index in [1.54, 1.807) is 30.3 Å². The summed E-state index contributed by atoms with van der Waals surface area (Å²) in [5.41, 5.74) is 0.832. The van der Waals surface area contributed by atoms with Crippen LogP contribution in [0, 0.1) is 0 Å². The summed E-state index contributed by atoms with van der Waals surface area (Å²) >= 11 is 12.5. The maximum Gasteiger partial charge on any atom is 0.305 e. The summed E-state index contributed by atoms with van der Waals surface area (Å²) < 4.78 is 1.18. The van der Waals surface area contributed by atoms with Gasteiger partial charge in [-0.15, -0.1) is 5.10 Å². The Labute approximate surface area is 262 Å². The summed E-state index contributed by atoms with van der Waals surface area (Å²) in [5, 5.41) is 26.8. The number of halogens is 2. The molecule has 3 amide bonds. The van der Waals surface area contributed by atoms with Gasteiger partial charge in [-0.1, -0.05) is 29.3 Å². The van der Waals surface area contributed by atoms with Crippen LogP contribution in [0.3, 0.4) is 0 Å². The topological polar surface area (TPSA) is 189 Å². The van der Waals surface area contributed by atoms with Gasteiger partial charge in [0.1, 0.15) is 18.6 Å². The molecule has 3 aromatic rings. The monoisotopic (exact) mass is 644 g/mol. The Bertz CT molecular complexity index is 1520. The minimum Gasteiger partial charge on any atom is -0.481 e. The van der Waals surface area contributed by atoms with E-state index in [0.29, 0.717) is 34.9 Å². The van der Waals surface area contributed by atoms with Gasteiger partial charge in [-0.3, -0.25) is 29.0 Å². The van der Waals surface area contributed by atoms with E-state index in [9.17, 15) is 29.1 Å². The van der Waals surface area contributed by atoms with Gasteiger partial charge in [0.2, 0.25) is 11.8 Å². The van der Waals surface area contributed by atoms with E-state index in [1.165, 1.54) is 28.9 Å². The van der Waals surface area contributed by atoms with Crippen LogP contribution in [0.4, 0.5) is 0 Å². The van der Waals surface area contributed by atoms with Gasteiger partial charge in [-0.2, -0.15) is 0 Å². The number of tetrazole rings is 1. The molecule has 1 aliphatic heterocycles. The van der Waals surface area contributed by atoms with E-state index < -0.39 is 60.6 Å². The van der Waals surface area contributed by atoms with Crippen molar-refractivity contribution in [1.29, 1.82) is 0 Å². The fourth-order valence-corrected chi connectivity index (χ4v) is 5.30. The van der Waals surface area contributed by atoms with Gasteiger partial charge in [0.15, 0.2) is 11.6 Å². The molecule has 0 spiro atoms. The average Bonchev–Trinajstić information content (AvgIpc) is 3.35. The fraction of sp³-hybridized carbons (Fsp3) is 0.393. The van der Waals surface area contributed by atoms with Crippen LogP contribution in [0.15, 0.2) is 42.7 Å². The van der Waals surface area contributed by atoms with Crippen molar-refractivity contribution in [1.82, 2.24) is 40.7 Å². The van der Waals surface area contributed by atoms with Crippen molar-refractivity contribution >= 4 is 52.7 Å². The molecular formula is C28H30Cl2N8O6. The van der Waals surface area contributed by atoms with Crippen molar-refractivity contribution in [3.63, 3.8) is 0 Å². The van der Waals surface area contributed by atoms with E-state index >= 15 is 0 Å². The second-order valence-electron chi connectivity index (χ2n) is 10.2. The number of carbonyl (C=O) groups excluding carboxylic acids is 4. The van der Waals surface area contributed by atoms with Crippen LogP contribution in [0.2, 0.25) is 10.0 Å². The van der Waals surface area contributed by atoms with E-state index in [1.807, 2.05) is 0 Å². The molecule has 2 aromatic heterocycles. The number of Topliss-reactive ketones (excluding diaryl/α,β-unsaturated/α-hetero) is 1. The van der Waals surface area contributed by atoms with Gasteiger partial charge in [0.05, 0.1) is 18.0 Å². The molecule has 3 N–H and O–H groups in total. The molecule has 0 aliphatic carbocycles. The maximum absolute atomic E-state index is 13.4. The van der Waals surface area contributed by atoms with Crippen molar-refractivity contribution in [2.24, 2.45) is 0 Å². The quantitative estimate of drug-likeness (QED) is 0.261. The van der Waals surface area contributed by atoms with Crippen molar-refractivity contribution in [2.75, 3.05) is 6.54 Å². The third kappa shape index (κ3) is 8.14. The first-order valence-corrected chi connectivity index (χ1v) is 14.5. The van der Waals surface area contributed by atoms with Crippen LogP contribution in [0.1, 0.15) is 54.4 Å². The SMILES string of the molecule is CC(C(=O)NC(CC(=O)O)C(=O)Cn1nnnc1Cc1c(Cl)cccc1Cl)N1CCCCC(NC(=O)c2cccnc2)C1=O. The molecule has 232 valence electrons. The van der Waals surface area contributed by atoms with E-state index in [-0.39, 0.29) is 24.4 Å². The van der Waals surface area contributed by atoms with Crippen molar-refractivity contribution in [3.8, 4) is 0 Å². The smallest absolute Gasteiger partial charge is 0.305 e. The zero-order valence-corrected chi connectivity index (χ0v) is 25.2. The third-order valence-corrected chi connectivity index (χ3v) is 7.90. The molecule has 3 atom stereocenters. The number of benzene rings is 1. The Hall–Kier alpha value is -4.43. The highest BCUT2D eigenvalue weighted by Crippen LogP contribution is 2.26. The van der Waals surface area contributed by atoms with Crippen molar-refractivity contribution < 1.29 is 29.1 Å². The molecule has 14 nitrogen and oxygen atoms in total. The van der Waals surface area contributed by atoms with Crippen LogP contribution in [0.25, 0.3) is 0 Å². The second kappa shape index (κ2) is 14.8. The van der Waals surface area contributed by atoms with Gasteiger partial charge in [0, 0.05) is 35.4 Å². The Morgan fingerprint density at radius 1 is 1.11 bits per heavy atom. The van der Waals surface area contributed by atoms with Crippen LogP contribution in [0.5, 0.6) is 0 Å². The maximum atomic E-state index is 13.4. The zero-order valence-electron chi connectivity index (χ0n) is 23.7. The number of rotatable bonds is 12. The highest BCUT2D eigenvalue weighted by atomic mass is 35.5. The van der Waals surface area contributed by atoms with Gasteiger partial charge in [0.25, 0.3) is 5.91 Å². The summed E-state index contributed by atoms with van der Waals surface area (Å²) in [6.07, 6.45) is 3.89. The molecule has 4 rings (SSSR count). The lowest BCUT2D eigenvalue weighted by Crippen LogP contribution is -2.56. The first kappa shape index (κ1) is 32.5. The van der Waals surface area contributed by atoms with Gasteiger partial charge < -0.3 is 20.6 Å². The van der Waals surface area contributed by atoms with Crippen LogP contribution < -0.4 is 10.6 Å². The molecule has 1 aliphatic rings. The number of amides is 3. The highest BCUT2D eigenvalue weighted by molar-refractivity contribution is 6.36. The minimum atomic E-state index is -1.44. The number of pyridine rings is 1. The summed E-state index contributed by atoms with van der Waals surface area (Å²) in [5.74, 6) is -3.40. The van der Waals surface area contributed by atoms with E-state index in [0.717, 1.165) is 0 Å². The number of nitrogens with zero attached hydrogens (tertiary/aromatic N) is 6. The standard InChI is InChI=1S/C28H30Cl2N8O6/c1-16(37-11-3-2-9-21(28(37)44)32-27(43)17-6-5-10-31-14-17)26(42)33-22(13-25(40)41)23(39)15-38-24(34-35-36-38)12-18-19(29)7-4-8-20(18)30/h4-8,10,14,16,21-22H,2-3,9,11-13,15H2,1H3,(H,32,43)(H,33,42)(H,40,41). The first-order valence-electron chi connectivity index (χ1n) is 13.8. The van der Waals surface area contributed by atoms with Crippen molar-refractivity contribution in [3.05, 3.63) is 69.7 Å². The number of aliphatic carboxylic acids is 1. The molecule has 16 heteroatoms. The summed E-state index contributed by atoms with van der Waals surface area (Å²) in [6, 6.07) is 4.77. The number of nitrogens with one attached hydrogen (secondary N) is 2. The molecule has 0 bridgehead atoms. The molecule has 3 heterocycles. The third-order valence-electron chi connectivity index (χ3n) is 7.19. The number of carboxylic acid groups (broad SMARTS) is 1. The highest BCUT2D eigenvalue weighted by Gasteiger charge is 2.35. The Morgan fingerprint density at radius 3 is 2.55 bits per heavy atom. The lowest BCUT2D eigenvalue weighted by atomic mass is 10.1. The fourth-order valence-electron chi connectivity index (χ4n) is 4.77. The average molecular weight is 646 g/mol. The summed E-state index contributed by atoms with van der Waals surface area (Å²) in [4.78, 5) is 69.5. The molecular weight excluding hydrogens is 615 g/mol. The van der Waals surface area contributed by atoms with E-state index in [4.69, 9.17) is 23.2 Å². The molecule has 3 unspecified atom stereocenters.